The van der Waals surface area contributed by atoms with Crippen molar-refractivity contribution in [2.75, 3.05) is 11.9 Å². The number of benzene rings is 3. The van der Waals surface area contributed by atoms with E-state index in [9.17, 15) is 9.59 Å². The monoisotopic (exact) mass is 531 g/mol. The Balaban J connectivity index is 1.43. The SMILES string of the molecule is O=C(COc1ccccc1/C=C1/SC(=Nc2ccc(Cl)cc2)NC1=O)Nc1ccc(Cl)c(Cl)c1. The number of nitrogens with one attached hydrogen (secondary N) is 2. The molecule has 10 heteroatoms. The third kappa shape index (κ3) is 6.33. The van der Waals surface area contributed by atoms with Crippen molar-refractivity contribution in [3.63, 3.8) is 0 Å². The van der Waals surface area contributed by atoms with Crippen LogP contribution in [0.4, 0.5) is 11.4 Å². The van der Waals surface area contributed by atoms with E-state index in [-0.39, 0.29) is 18.4 Å². The first kappa shape index (κ1) is 24.2. The minimum Gasteiger partial charge on any atom is -0.483 e. The summed E-state index contributed by atoms with van der Waals surface area (Å²) in [6, 6.07) is 18.9. The van der Waals surface area contributed by atoms with E-state index in [0.29, 0.717) is 47.8 Å². The summed E-state index contributed by atoms with van der Waals surface area (Å²) in [6.45, 7) is -0.233. The van der Waals surface area contributed by atoms with Gasteiger partial charge in [0.1, 0.15) is 5.75 Å². The number of hydrogen-bond acceptors (Lipinski definition) is 5. The van der Waals surface area contributed by atoms with Crippen molar-refractivity contribution in [1.29, 1.82) is 0 Å². The number of halogens is 3. The van der Waals surface area contributed by atoms with Crippen molar-refractivity contribution in [2.45, 2.75) is 0 Å². The van der Waals surface area contributed by atoms with E-state index in [4.69, 9.17) is 39.5 Å². The highest BCUT2D eigenvalue weighted by Crippen LogP contribution is 2.31. The van der Waals surface area contributed by atoms with Gasteiger partial charge < -0.3 is 15.4 Å². The maximum atomic E-state index is 12.4. The molecular formula is C24H16Cl3N3O3S. The van der Waals surface area contributed by atoms with Gasteiger partial charge in [0.2, 0.25) is 0 Å². The third-order valence-electron chi connectivity index (χ3n) is 4.48. The molecule has 0 aromatic heterocycles. The summed E-state index contributed by atoms with van der Waals surface area (Å²) in [7, 11) is 0. The topological polar surface area (TPSA) is 79.8 Å². The first-order valence-electron chi connectivity index (χ1n) is 9.89. The molecule has 1 fully saturated rings. The quantitative estimate of drug-likeness (QED) is 0.353. The van der Waals surface area contributed by atoms with Crippen LogP contribution in [0, 0.1) is 0 Å². The minimum atomic E-state index is -0.369. The summed E-state index contributed by atoms with van der Waals surface area (Å²) in [5, 5.41) is 7.23. The van der Waals surface area contributed by atoms with E-state index in [1.165, 1.54) is 11.8 Å². The Morgan fingerprint density at radius 2 is 1.79 bits per heavy atom. The van der Waals surface area contributed by atoms with Crippen molar-refractivity contribution in [2.24, 2.45) is 4.99 Å². The second kappa shape index (κ2) is 11.0. The second-order valence-electron chi connectivity index (χ2n) is 6.96. The van der Waals surface area contributed by atoms with Crippen LogP contribution in [0.5, 0.6) is 5.75 Å². The molecule has 6 nitrogen and oxygen atoms in total. The molecule has 1 saturated heterocycles. The maximum absolute atomic E-state index is 12.4. The average molecular weight is 533 g/mol. The summed E-state index contributed by atoms with van der Waals surface area (Å²) < 4.78 is 5.70. The van der Waals surface area contributed by atoms with Crippen LogP contribution in [-0.2, 0) is 9.59 Å². The van der Waals surface area contributed by atoms with E-state index in [1.54, 1.807) is 66.7 Å². The summed E-state index contributed by atoms with van der Waals surface area (Å²) in [5.41, 5.74) is 1.82. The molecule has 4 rings (SSSR count). The number of carbonyl (C=O) groups is 2. The number of ether oxygens (including phenoxy) is 1. The summed E-state index contributed by atoms with van der Waals surface area (Å²) in [6.07, 6.45) is 1.69. The van der Waals surface area contributed by atoms with Gasteiger partial charge in [-0.25, -0.2) is 4.99 Å². The van der Waals surface area contributed by atoms with Gasteiger partial charge in [-0.05, 0) is 66.4 Å². The molecule has 3 aromatic carbocycles. The standard InChI is InChI=1S/C24H16Cl3N3O3S/c25-15-5-7-16(8-6-15)29-24-30-23(32)21(34-24)11-14-3-1-2-4-20(14)33-13-22(31)28-17-9-10-18(26)19(27)12-17/h1-12H,13H2,(H,28,31)(H,29,30,32)/b21-11+. The lowest BCUT2D eigenvalue weighted by Gasteiger charge is -2.10. The molecule has 3 aromatic rings. The predicted molar refractivity (Wildman–Crippen MR) is 139 cm³/mol. The fourth-order valence-electron chi connectivity index (χ4n) is 2.90. The van der Waals surface area contributed by atoms with Gasteiger partial charge in [0, 0.05) is 16.3 Å². The molecule has 0 unspecified atom stereocenters. The molecule has 2 N–H and O–H groups in total. The Morgan fingerprint density at radius 3 is 2.56 bits per heavy atom. The molecule has 2 amide bonds. The number of amidine groups is 1. The van der Waals surface area contributed by atoms with Crippen LogP contribution in [0.1, 0.15) is 5.56 Å². The smallest absolute Gasteiger partial charge is 0.264 e. The Hall–Kier alpha value is -2.97. The molecule has 1 heterocycles. The van der Waals surface area contributed by atoms with Crippen LogP contribution in [-0.4, -0.2) is 23.6 Å². The van der Waals surface area contributed by atoms with Gasteiger partial charge in [-0.15, -0.1) is 0 Å². The minimum absolute atomic E-state index is 0.233. The Labute approximate surface area is 215 Å². The van der Waals surface area contributed by atoms with Gasteiger partial charge >= 0.3 is 0 Å². The van der Waals surface area contributed by atoms with Crippen molar-refractivity contribution in [3.05, 3.63) is 92.3 Å². The molecule has 1 aliphatic heterocycles. The zero-order chi connectivity index (χ0) is 24.1. The molecule has 0 radical (unpaired) electrons. The van der Waals surface area contributed by atoms with Gasteiger partial charge in [-0.2, -0.15) is 0 Å². The highest BCUT2D eigenvalue weighted by molar-refractivity contribution is 8.18. The van der Waals surface area contributed by atoms with Crippen molar-refractivity contribution in [3.8, 4) is 5.75 Å². The van der Waals surface area contributed by atoms with Gasteiger partial charge in [0.25, 0.3) is 11.8 Å². The van der Waals surface area contributed by atoms with E-state index < -0.39 is 0 Å². The van der Waals surface area contributed by atoms with Crippen molar-refractivity contribution < 1.29 is 14.3 Å². The van der Waals surface area contributed by atoms with Gasteiger partial charge in [-0.3, -0.25) is 9.59 Å². The molecular weight excluding hydrogens is 517 g/mol. The third-order valence-corrected chi connectivity index (χ3v) is 6.38. The number of carbonyl (C=O) groups excluding carboxylic acids is 2. The summed E-state index contributed by atoms with van der Waals surface area (Å²) in [4.78, 5) is 29.6. The first-order chi connectivity index (χ1) is 16.4. The lowest BCUT2D eigenvalue weighted by Crippen LogP contribution is -2.20. The Morgan fingerprint density at radius 1 is 1.03 bits per heavy atom. The highest BCUT2D eigenvalue weighted by atomic mass is 35.5. The number of rotatable bonds is 6. The van der Waals surface area contributed by atoms with E-state index in [1.807, 2.05) is 6.07 Å². The second-order valence-corrected chi connectivity index (χ2v) is 9.24. The zero-order valence-electron chi connectivity index (χ0n) is 17.3. The van der Waals surface area contributed by atoms with Crippen LogP contribution in [0.3, 0.4) is 0 Å². The number of thioether (sulfide) groups is 1. The molecule has 172 valence electrons. The Bertz CT molecular complexity index is 1310. The van der Waals surface area contributed by atoms with E-state index >= 15 is 0 Å². The number of hydrogen-bond donors (Lipinski definition) is 2. The van der Waals surface area contributed by atoms with Crippen LogP contribution in [0.15, 0.2) is 76.6 Å². The molecule has 0 aliphatic carbocycles. The average Bonchev–Trinajstić information content (AvgIpc) is 3.15. The number of nitrogens with zero attached hydrogens (tertiary/aromatic N) is 1. The number of para-hydroxylation sites is 1. The lowest BCUT2D eigenvalue weighted by atomic mass is 10.2. The molecule has 34 heavy (non-hydrogen) atoms. The fourth-order valence-corrected chi connectivity index (χ4v) is 4.16. The predicted octanol–water partition coefficient (Wildman–Crippen LogP) is 6.56. The van der Waals surface area contributed by atoms with Crippen LogP contribution in [0.25, 0.3) is 6.08 Å². The first-order valence-corrected chi connectivity index (χ1v) is 11.8. The Kier molecular flexibility index (Phi) is 7.80. The largest absolute Gasteiger partial charge is 0.483 e. The van der Waals surface area contributed by atoms with Gasteiger partial charge in [-0.1, -0.05) is 53.0 Å². The van der Waals surface area contributed by atoms with E-state index in [2.05, 4.69) is 15.6 Å². The summed E-state index contributed by atoms with van der Waals surface area (Å²) in [5.74, 6) is -0.188. The number of aliphatic imine (C=N–C) groups is 1. The maximum Gasteiger partial charge on any atom is 0.264 e. The van der Waals surface area contributed by atoms with Crippen LogP contribution >= 0.6 is 46.6 Å². The van der Waals surface area contributed by atoms with Crippen LogP contribution < -0.4 is 15.4 Å². The number of amides is 2. The van der Waals surface area contributed by atoms with Gasteiger partial charge in [0.15, 0.2) is 11.8 Å². The summed E-state index contributed by atoms with van der Waals surface area (Å²) >= 11 is 19.0. The van der Waals surface area contributed by atoms with Gasteiger partial charge in [0.05, 0.1) is 20.6 Å². The molecule has 0 saturated carbocycles. The highest BCUT2D eigenvalue weighted by Gasteiger charge is 2.24. The molecule has 0 bridgehead atoms. The van der Waals surface area contributed by atoms with Crippen molar-refractivity contribution in [1.82, 2.24) is 5.32 Å². The molecule has 0 spiro atoms. The fraction of sp³-hybridized carbons (Fsp3) is 0.0417. The van der Waals surface area contributed by atoms with E-state index in [0.717, 1.165) is 0 Å². The number of anilines is 1. The van der Waals surface area contributed by atoms with Crippen molar-refractivity contribution >= 4 is 81.0 Å². The van der Waals surface area contributed by atoms with Crippen LogP contribution in [0.2, 0.25) is 15.1 Å². The normalized spacial score (nSPS) is 15.4. The lowest BCUT2D eigenvalue weighted by molar-refractivity contribution is -0.118. The molecule has 0 atom stereocenters. The molecule has 1 aliphatic rings. The zero-order valence-corrected chi connectivity index (χ0v) is 20.4.